The first-order valence-electron chi connectivity index (χ1n) is 8.88. The Morgan fingerprint density at radius 2 is 1.52 bits per heavy atom. The van der Waals surface area contributed by atoms with Crippen molar-refractivity contribution in [3.05, 3.63) is 94.2 Å². The van der Waals surface area contributed by atoms with E-state index in [1.807, 2.05) is 0 Å². The summed E-state index contributed by atoms with van der Waals surface area (Å²) in [5.74, 6) is -2.54. The maximum absolute atomic E-state index is 12.9. The van der Waals surface area contributed by atoms with Crippen LogP contribution in [0.4, 0.5) is 10.1 Å². The molecule has 3 aromatic carbocycles. The van der Waals surface area contributed by atoms with Crippen molar-refractivity contribution < 1.29 is 23.5 Å². The molecular formula is C22H15BrFN3O4. The average Bonchev–Trinajstić information content (AvgIpc) is 2.77. The maximum atomic E-state index is 12.9. The topological polar surface area (TPSA) is 96.9 Å². The Kier molecular flexibility index (Phi) is 7.23. The van der Waals surface area contributed by atoms with Crippen molar-refractivity contribution in [1.82, 2.24) is 5.43 Å². The average molecular weight is 484 g/mol. The first-order chi connectivity index (χ1) is 14.9. The number of nitrogens with one attached hydrogen (secondary N) is 2. The first-order valence-corrected chi connectivity index (χ1v) is 9.68. The van der Waals surface area contributed by atoms with Gasteiger partial charge in [-0.3, -0.25) is 9.59 Å². The minimum Gasteiger partial charge on any atom is -0.423 e. The van der Waals surface area contributed by atoms with E-state index < -0.39 is 23.6 Å². The Morgan fingerprint density at radius 3 is 2.16 bits per heavy atom. The van der Waals surface area contributed by atoms with Crippen LogP contribution in [0.5, 0.6) is 5.75 Å². The van der Waals surface area contributed by atoms with Gasteiger partial charge in [0.25, 0.3) is 0 Å². The number of nitrogens with zero attached hydrogens (tertiary/aromatic N) is 1. The number of benzene rings is 3. The molecule has 0 saturated carbocycles. The summed E-state index contributed by atoms with van der Waals surface area (Å²) in [5.41, 5.74) is 3.38. The lowest BCUT2D eigenvalue weighted by atomic mass is 10.2. The third kappa shape index (κ3) is 6.58. The maximum Gasteiger partial charge on any atom is 0.343 e. The van der Waals surface area contributed by atoms with E-state index in [2.05, 4.69) is 31.8 Å². The van der Waals surface area contributed by atoms with Gasteiger partial charge in [-0.25, -0.2) is 14.6 Å². The van der Waals surface area contributed by atoms with Crippen LogP contribution in [0.2, 0.25) is 0 Å². The van der Waals surface area contributed by atoms with Gasteiger partial charge >= 0.3 is 17.8 Å². The molecule has 31 heavy (non-hydrogen) atoms. The summed E-state index contributed by atoms with van der Waals surface area (Å²) in [6, 6.07) is 18.1. The summed E-state index contributed by atoms with van der Waals surface area (Å²) in [6.07, 6.45) is 1.32. The highest BCUT2D eigenvalue weighted by molar-refractivity contribution is 9.10. The molecule has 0 atom stereocenters. The third-order valence-corrected chi connectivity index (χ3v) is 4.39. The largest absolute Gasteiger partial charge is 0.423 e. The van der Waals surface area contributed by atoms with E-state index in [0.29, 0.717) is 16.9 Å². The zero-order valence-electron chi connectivity index (χ0n) is 15.8. The van der Waals surface area contributed by atoms with E-state index in [0.717, 1.165) is 16.6 Å². The van der Waals surface area contributed by atoms with Gasteiger partial charge in [-0.15, -0.1) is 0 Å². The van der Waals surface area contributed by atoms with Gasteiger partial charge in [0.2, 0.25) is 0 Å². The van der Waals surface area contributed by atoms with Gasteiger partial charge < -0.3 is 10.1 Å². The lowest BCUT2D eigenvalue weighted by molar-refractivity contribution is -0.136. The lowest BCUT2D eigenvalue weighted by Crippen LogP contribution is -2.32. The Labute approximate surface area is 185 Å². The fraction of sp³-hybridized carbons (Fsp3) is 0. The number of carbonyl (C=O) groups excluding carboxylic acids is 3. The van der Waals surface area contributed by atoms with E-state index in [9.17, 15) is 18.8 Å². The summed E-state index contributed by atoms with van der Waals surface area (Å²) in [6.45, 7) is 0. The monoisotopic (exact) mass is 483 g/mol. The Hall–Kier alpha value is -3.85. The quantitative estimate of drug-likeness (QED) is 0.189. The fourth-order valence-electron chi connectivity index (χ4n) is 2.31. The Morgan fingerprint density at radius 1 is 0.871 bits per heavy atom. The van der Waals surface area contributed by atoms with Crippen LogP contribution in [0, 0.1) is 5.82 Å². The lowest BCUT2D eigenvalue weighted by Gasteiger charge is -2.05. The molecule has 0 saturated heterocycles. The highest BCUT2D eigenvalue weighted by Gasteiger charge is 2.13. The number of hydrogen-bond donors (Lipinski definition) is 2. The summed E-state index contributed by atoms with van der Waals surface area (Å²) in [7, 11) is 0. The van der Waals surface area contributed by atoms with E-state index in [1.54, 1.807) is 48.5 Å². The number of halogens is 2. The minimum absolute atomic E-state index is 0.277. The van der Waals surface area contributed by atoms with Crippen LogP contribution in [0.1, 0.15) is 15.9 Å². The van der Waals surface area contributed by atoms with Crippen LogP contribution in [0.3, 0.4) is 0 Å². The van der Waals surface area contributed by atoms with Gasteiger partial charge in [0.05, 0.1) is 11.8 Å². The number of carbonyl (C=O) groups is 3. The number of rotatable bonds is 5. The Bertz CT molecular complexity index is 1120. The molecule has 0 aliphatic heterocycles. The van der Waals surface area contributed by atoms with Crippen molar-refractivity contribution in [2.75, 3.05) is 5.32 Å². The van der Waals surface area contributed by atoms with Gasteiger partial charge in [0.15, 0.2) is 0 Å². The molecule has 0 bridgehead atoms. The molecule has 0 radical (unpaired) electrons. The van der Waals surface area contributed by atoms with Crippen molar-refractivity contribution >= 4 is 45.6 Å². The fourth-order valence-corrected chi connectivity index (χ4v) is 2.58. The molecule has 9 heteroatoms. The molecule has 2 amide bonds. The van der Waals surface area contributed by atoms with E-state index in [4.69, 9.17) is 4.74 Å². The molecule has 0 fully saturated rings. The smallest absolute Gasteiger partial charge is 0.343 e. The highest BCUT2D eigenvalue weighted by atomic mass is 79.9. The van der Waals surface area contributed by atoms with Crippen LogP contribution < -0.4 is 15.5 Å². The van der Waals surface area contributed by atoms with Gasteiger partial charge in [-0.2, -0.15) is 5.10 Å². The predicted octanol–water partition coefficient (Wildman–Crippen LogP) is 3.90. The molecule has 0 aliphatic rings. The molecule has 0 heterocycles. The van der Waals surface area contributed by atoms with Crippen LogP contribution in [-0.4, -0.2) is 24.0 Å². The number of ether oxygens (including phenoxy) is 1. The third-order valence-electron chi connectivity index (χ3n) is 3.86. The van der Waals surface area contributed by atoms with Gasteiger partial charge in [0.1, 0.15) is 11.6 Å². The second-order valence-electron chi connectivity index (χ2n) is 6.13. The molecular weight excluding hydrogens is 469 g/mol. The van der Waals surface area contributed by atoms with Crippen molar-refractivity contribution in [3.8, 4) is 5.75 Å². The number of esters is 1. The zero-order chi connectivity index (χ0) is 22.2. The predicted molar refractivity (Wildman–Crippen MR) is 116 cm³/mol. The molecule has 7 nitrogen and oxygen atoms in total. The van der Waals surface area contributed by atoms with Gasteiger partial charge in [0, 0.05) is 10.2 Å². The standard InChI is InChI=1S/C22H15BrFN3O4/c23-16-5-3-15(4-6-16)22(30)31-19-11-1-14(2-12-19)13-25-27-21(29)20(28)26-18-9-7-17(24)8-10-18/h1-13H,(H,26,28)(H,27,29)/b25-13+. The van der Waals surface area contributed by atoms with E-state index in [1.165, 1.54) is 18.3 Å². The second-order valence-corrected chi connectivity index (χ2v) is 7.04. The van der Waals surface area contributed by atoms with Crippen LogP contribution in [0.15, 0.2) is 82.4 Å². The number of hydrazone groups is 1. The molecule has 0 unspecified atom stereocenters. The molecule has 0 spiro atoms. The van der Waals surface area contributed by atoms with Crippen LogP contribution in [0.25, 0.3) is 0 Å². The number of anilines is 1. The van der Waals surface area contributed by atoms with Gasteiger partial charge in [-0.05, 0) is 78.4 Å². The van der Waals surface area contributed by atoms with Crippen molar-refractivity contribution in [1.29, 1.82) is 0 Å². The van der Waals surface area contributed by atoms with Crippen molar-refractivity contribution in [3.63, 3.8) is 0 Å². The molecule has 156 valence electrons. The molecule has 2 N–H and O–H groups in total. The van der Waals surface area contributed by atoms with E-state index >= 15 is 0 Å². The zero-order valence-corrected chi connectivity index (χ0v) is 17.4. The summed E-state index contributed by atoms with van der Waals surface area (Å²) in [5, 5.41) is 6.02. The summed E-state index contributed by atoms with van der Waals surface area (Å²) in [4.78, 5) is 35.6. The number of hydrogen-bond acceptors (Lipinski definition) is 5. The van der Waals surface area contributed by atoms with Crippen LogP contribution in [-0.2, 0) is 9.59 Å². The van der Waals surface area contributed by atoms with E-state index in [-0.39, 0.29) is 5.69 Å². The van der Waals surface area contributed by atoms with Gasteiger partial charge in [-0.1, -0.05) is 15.9 Å². The molecule has 0 aromatic heterocycles. The van der Waals surface area contributed by atoms with Crippen molar-refractivity contribution in [2.24, 2.45) is 5.10 Å². The second kappa shape index (κ2) is 10.3. The summed E-state index contributed by atoms with van der Waals surface area (Å²) >= 11 is 3.30. The van der Waals surface area contributed by atoms with Crippen LogP contribution >= 0.6 is 15.9 Å². The molecule has 3 rings (SSSR count). The SMILES string of the molecule is O=C(N/N=C/c1ccc(OC(=O)c2ccc(Br)cc2)cc1)C(=O)Nc1ccc(F)cc1. The molecule has 3 aromatic rings. The first kappa shape index (κ1) is 21.8. The summed E-state index contributed by atoms with van der Waals surface area (Å²) < 4.78 is 19.0. The normalized spacial score (nSPS) is 10.5. The number of amides is 2. The van der Waals surface area contributed by atoms with Crippen molar-refractivity contribution in [2.45, 2.75) is 0 Å². The Balaban J connectivity index is 1.50. The minimum atomic E-state index is -0.986. The highest BCUT2D eigenvalue weighted by Crippen LogP contribution is 2.15. The molecule has 0 aliphatic carbocycles.